The van der Waals surface area contributed by atoms with E-state index in [0.717, 1.165) is 11.3 Å². The summed E-state index contributed by atoms with van der Waals surface area (Å²) < 4.78 is 10.4. The molecule has 25 heavy (non-hydrogen) atoms. The number of hydrogen-bond acceptors (Lipinski definition) is 6. The van der Waals surface area contributed by atoms with Gasteiger partial charge in [0.1, 0.15) is 12.0 Å². The summed E-state index contributed by atoms with van der Waals surface area (Å²) in [6.45, 7) is 3.59. The third-order valence-electron chi connectivity index (χ3n) is 3.37. The Bertz CT molecular complexity index is 860. The van der Waals surface area contributed by atoms with Crippen LogP contribution in [0.3, 0.4) is 0 Å². The molecular weight excluding hydrogens is 362 g/mol. The number of amides is 1. The molecule has 0 fully saturated rings. The number of nitrogens with zero attached hydrogens (tertiary/aromatic N) is 2. The second-order valence-electron chi connectivity index (χ2n) is 5.42. The minimum atomic E-state index is -0.271. The van der Waals surface area contributed by atoms with E-state index in [-0.39, 0.29) is 11.2 Å². The minimum absolute atomic E-state index is 0.139. The van der Waals surface area contributed by atoms with Gasteiger partial charge in [0, 0.05) is 22.4 Å². The number of thioether (sulfide) groups is 1. The second-order valence-corrected chi connectivity index (χ2v) is 7.18. The van der Waals surface area contributed by atoms with E-state index in [1.807, 2.05) is 19.1 Å². The number of aromatic nitrogens is 2. The lowest BCUT2D eigenvalue weighted by Crippen LogP contribution is -2.22. The highest BCUT2D eigenvalue weighted by atomic mass is 35.5. The van der Waals surface area contributed by atoms with Crippen LogP contribution in [0.15, 0.2) is 45.5 Å². The Morgan fingerprint density at radius 2 is 2.12 bits per heavy atom. The number of anilines is 1. The van der Waals surface area contributed by atoms with Gasteiger partial charge in [-0.05, 0) is 38.1 Å². The van der Waals surface area contributed by atoms with Crippen molar-refractivity contribution in [2.75, 3.05) is 5.32 Å². The molecule has 8 heteroatoms. The summed E-state index contributed by atoms with van der Waals surface area (Å²) in [5, 5.41) is 6.85. The van der Waals surface area contributed by atoms with Crippen molar-refractivity contribution in [3.8, 4) is 11.5 Å². The standard InChI is InChI=1S/C17H16ClN3O3S/c1-10-7-15(21-24-10)20-16(22)11(2)25-9-14-8-23-17(19-14)12-3-5-13(18)6-4-12/h3-8,11H,9H2,1-2H3,(H,20,21,22)/t11-/m0/s1. The SMILES string of the molecule is Cc1cc(NC(=O)[C@H](C)SCc2coc(-c3ccc(Cl)cc3)n2)no1. The van der Waals surface area contributed by atoms with Crippen molar-refractivity contribution in [3.63, 3.8) is 0 Å². The fraction of sp³-hybridized carbons (Fsp3) is 0.235. The fourth-order valence-corrected chi connectivity index (χ4v) is 2.93. The van der Waals surface area contributed by atoms with Crippen LogP contribution in [0.2, 0.25) is 5.02 Å². The molecule has 0 bridgehead atoms. The smallest absolute Gasteiger partial charge is 0.238 e. The molecule has 1 amide bonds. The van der Waals surface area contributed by atoms with E-state index in [0.29, 0.717) is 28.2 Å². The van der Waals surface area contributed by atoms with E-state index in [4.69, 9.17) is 20.5 Å². The summed E-state index contributed by atoms with van der Waals surface area (Å²) in [5.74, 6) is 2.01. The number of hydrogen-bond donors (Lipinski definition) is 1. The molecule has 0 radical (unpaired) electrons. The summed E-state index contributed by atoms with van der Waals surface area (Å²) in [6, 6.07) is 8.94. The monoisotopic (exact) mass is 377 g/mol. The molecule has 0 unspecified atom stereocenters. The Kier molecular flexibility index (Phi) is 5.45. The molecule has 1 atom stereocenters. The van der Waals surface area contributed by atoms with Gasteiger partial charge in [-0.3, -0.25) is 4.79 Å². The van der Waals surface area contributed by atoms with Crippen LogP contribution in [0.5, 0.6) is 0 Å². The molecule has 0 aliphatic heterocycles. The van der Waals surface area contributed by atoms with Crippen LogP contribution in [0.25, 0.3) is 11.5 Å². The number of aryl methyl sites for hydroxylation is 1. The van der Waals surface area contributed by atoms with E-state index in [1.165, 1.54) is 11.8 Å². The fourth-order valence-electron chi connectivity index (χ4n) is 2.04. The van der Waals surface area contributed by atoms with Gasteiger partial charge in [0.15, 0.2) is 5.82 Å². The van der Waals surface area contributed by atoms with Crippen LogP contribution in [-0.2, 0) is 10.5 Å². The van der Waals surface area contributed by atoms with E-state index < -0.39 is 0 Å². The van der Waals surface area contributed by atoms with Crippen LogP contribution in [-0.4, -0.2) is 21.3 Å². The zero-order valence-electron chi connectivity index (χ0n) is 13.7. The van der Waals surface area contributed by atoms with Gasteiger partial charge in [-0.25, -0.2) is 4.98 Å². The van der Waals surface area contributed by atoms with Crippen LogP contribution in [0.1, 0.15) is 18.4 Å². The number of carbonyl (C=O) groups excluding carboxylic acids is 1. The Morgan fingerprint density at radius 1 is 1.36 bits per heavy atom. The average molecular weight is 378 g/mol. The number of nitrogens with one attached hydrogen (secondary N) is 1. The molecule has 6 nitrogen and oxygen atoms in total. The molecular formula is C17H16ClN3O3S. The molecule has 0 aliphatic rings. The van der Waals surface area contributed by atoms with Gasteiger partial charge in [-0.2, -0.15) is 0 Å². The molecule has 2 aromatic heterocycles. The van der Waals surface area contributed by atoms with E-state index in [9.17, 15) is 4.79 Å². The second kappa shape index (κ2) is 7.76. The number of benzene rings is 1. The Hall–Kier alpha value is -2.25. The molecule has 1 aromatic carbocycles. The Morgan fingerprint density at radius 3 is 2.80 bits per heavy atom. The Balaban J connectivity index is 1.54. The normalized spacial score (nSPS) is 12.1. The zero-order valence-corrected chi connectivity index (χ0v) is 15.2. The molecule has 0 saturated heterocycles. The highest BCUT2D eigenvalue weighted by Crippen LogP contribution is 2.24. The van der Waals surface area contributed by atoms with Gasteiger partial charge < -0.3 is 14.3 Å². The highest BCUT2D eigenvalue weighted by Gasteiger charge is 2.16. The summed E-state index contributed by atoms with van der Waals surface area (Å²) in [4.78, 5) is 16.6. The molecule has 3 aromatic rings. The van der Waals surface area contributed by atoms with Crippen molar-refractivity contribution >= 4 is 35.1 Å². The van der Waals surface area contributed by atoms with E-state index in [2.05, 4.69) is 15.5 Å². The van der Waals surface area contributed by atoms with Crippen LogP contribution in [0, 0.1) is 6.92 Å². The third-order valence-corrected chi connectivity index (χ3v) is 4.80. The summed E-state index contributed by atoms with van der Waals surface area (Å²) >= 11 is 7.34. The van der Waals surface area contributed by atoms with Gasteiger partial charge in [0.25, 0.3) is 0 Å². The first-order chi connectivity index (χ1) is 12.0. The zero-order chi connectivity index (χ0) is 17.8. The maximum absolute atomic E-state index is 12.1. The summed E-state index contributed by atoms with van der Waals surface area (Å²) in [6.07, 6.45) is 1.60. The first-order valence-electron chi connectivity index (χ1n) is 7.57. The Labute approximate surface area is 153 Å². The van der Waals surface area contributed by atoms with Crippen molar-refractivity contribution in [2.24, 2.45) is 0 Å². The van der Waals surface area contributed by atoms with Gasteiger partial charge in [0.05, 0.1) is 10.9 Å². The molecule has 0 saturated carbocycles. The summed E-state index contributed by atoms with van der Waals surface area (Å²) in [7, 11) is 0. The van der Waals surface area contributed by atoms with Crippen molar-refractivity contribution < 1.29 is 13.7 Å². The van der Waals surface area contributed by atoms with Gasteiger partial charge >= 0.3 is 0 Å². The van der Waals surface area contributed by atoms with Gasteiger partial charge in [-0.1, -0.05) is 16.8 Å². The van der Waals surface area contributed by atoms with Gasteiger partial charge in [0.2, 0.25) is 11.8 Å². The first-order valence-corrected chi connectivity index (χ1v) is 9.00. The number of carbonyl (C=O) groups is 1. The predicted octanol–water partition coefficient (Wildman–Crippen LogP) is 4.55. The number of rotatable bonds is 6. The molecule has 130 valence electrons. The molecule has 0 aliphatic carbocycles. The highest BCUT2D eigenvalue weighted by molar-refractivity contribution is 7.99. The van der Waals surface area contributed by atoms with Crippen molar-refractivity contribution in [1.29, 1.82) is 0 Å². The van der Waals surface area contributed by atoms with Crippen LogP contribution in [0.4, 0.5) is 5.82 Å². The van der Waals surface area contributed by atoms with Crippen molar-refractivity contribution in [2.45, 2.75) is 24.9 Å². The van der Waals surface area contributed by atoms with E-state index >= 15 is 0 Å². The molecule has 2 heterocycles. The number of halogens is 1. The summed E-state index contributed by atoms with van der Waals surface area (Å²) in [5.41, 5.74) is 1.62. The van der Waals surface area contributed by atoms with Crippen LogP contribution >= 0.6 is 23.4 Å². The van der Waals surface area contributed by atoms with Crippen molar-refractivity contribution in [1.82, 2.24) is 10.1 Å². The largest absolute Gasteiger partial charge is 0.444 e. The van der Waals surface area contributed by atoms with Crippen LogP contribution < -0.4 is 5.32 Å². The quantitative estimate of drug-likeness (QED) is 0.678. The maximum Gasteiger partial charge on any atom is 0.238 e. The predicted molar refractivity (Wildman–Crippen MR) is 97.6 cm³/mol. The molecule has 1 N–H and O–H groups in total. The first kappa shape index (κ1) is 17.6. The maximum atomic E-state index is 12.1. The van der Waals surface area contributed by atoms with E-state index in [1.54, 1.807) is 31.4 Å². The lowest BCUT2D eigenvalue weighted by molar-refractivity contribution is -0.115. The van der Waals surface area contributed by atoms with Crippen molar-refractivity contribution in [3.05, 3.63) is 53.1 Å². The molecule has 3 rings (SSSR count). The minimum Gasteiger partial charge on any atom is -0.444 e. The number of oxazole rings is 1. The molecule has 0 spiro atoms. The van der Waals surface area contributed by atoms with Gasteiger partial charge in [-0.15, -0.1) is 11.8 Å². The lowest BCUT2D eigenvalue weighted by atomic mass is 10.2. The lowest BCUT2D eigenvalue weighted by Gasteiger charge is -2.08. The average Bonchev–Trinajstić information content (AvgIpc) is 3.22. The third kappa shape index (κ3) is 4.64. The topological polar surface area (TPSA) is 81.2 Å².